The second-order valence-corrected chi connectivity index (χ2v) is 9.01. The number of piperidine rings is 1. The van der Waals surface area contributed by atoms with Crippen LogP contribution in [0, 0.1) is 5.92 Å². The van der Waals surface area contributed by atoms with Gasteiger partial charge >= 0.3 is 0 Å². The zero-order valence-corrected chi connectivity index (χ0v) is 15.3. The van der Waals surface area contributed by atoms with Crippen LogP contribution in [0.2, 0.25) is 5.02 Å². The maximum atomic E-state index is 12.9. The van der Waals surface area contributed by atoms with Gasteiger partial charge in [0, 0.05) is 30.1 Å². The summed E-state index contributed by atoms with van der Waals surface area (Å²) < 4.78 is 25.2. The van der Waals surface area contributed by atoms with E-state index in [0.717, 1.165) is 37.5 Å². The van der Waals surface area contributed by atoms with Crippen LogP contribution in [-0.4, -0.2) is 44.6 Å². The van der Waals surface area contributed by atoms with Gasteiger partial charge in [-0.1, -0.05) is 29.8 Å². The number of likely N-dealkylation sites (tertiary alicyclic amines) is 1. The Balaban J connectivity index is 1.66. The van der Waals surface area contributed by atoms with Crippen LogP contribution in [0.1, 0.15) is 37.2 Å². The van der Waals surface area contributed by atoms with Crippen molar-refractivity contribution in [2.75, 3.05) is 19.3 Å². The van der Waals surface area contributed by atoms with Crippen LogP contribution in [0.25, 0.3) is 0 Å². The number of nitrogens with one attached hydrogen (secondary N) is 1. The standard InChI is InChI=1S/C17H23ClN2O3S/c1-24(22,23)19-11-12-6-4-5-9-20(12)17(21)15-10-14(15)13-7-2-3-8-16(13)18/h2-3,7-8,12,14-15,19H,4-6,9-11H2,1H3/t12-,14+,15-/m0/s1. The van der Waals surface area contributed by atoms with Crippen molar-refractivity contribution in [3.05, 3.63) is 34.9 Å². The molecule has 3 rings (SSSR count). The number of amides is 1. The summed E-state index contributed by atoms with van der Waals surface area (Å²) in [4.78, 5) is 14.8. The third-order valence-corrected chi connectivity index (χ3v) is 5.94. The van der Waals surface area contributed by atoms with Gasteiger partial charge in [0.2, 0.25) is 15.9 Å². The van der Waals surface area contributed by atoms with Crippen molar-refractivity contribution in [2.24, 2.45) is 5.92 Å². The highest BCUT2D eigenvalue weighted by molar-refractivity contribution is 7.88. The highest BCUT2D eigenvalue weighted by Crippen LogP contribution is 2.50. The lowest BCUT2D eigenvalue weighted by Gasteiger charge is -2.36. The summed E-state index contributed by atoms with van der Waals surface area (Å²) in [5.41, 5.74) is 1.04. The van der Waals surface area contributed by atoms with Crippen molar-refractivity contribution < 1.29 is 13.2 Å². The molecule has 0 radical (unpaired) electrons. The fourth-order valence-electron chi connectivity index (χ4n) is 3.55. The molecular weight excluding hydrogens is 348 g/mol. The van der Waals surface area contributed by atoms with Crippen molar-refractivity contribution in [3.63, 3.8) is 0 Å². The van der Waals surface area contributed by atoms with Gasteiger partial charge in [-0.3, -0.25) is 4.79 Å². The highest BCUT2D eigenvalue weighted by atomic mass is 35.5. The third kappa shape index (κ3) is 4.10. The number of hydrogen-bond acceptors (Lipinski definition) is 3. The van der Waals surface area contributed by atoms with Gasteiger partial charge in [-0.05, 0) is 43.2 Å². The molecule has 5 nitrogen and oxygen atoms in total. The Morgan fingerprint density at radius 1 is 1.33 bits per heavy atom. The molecule has 1 heterocycles. The van der Waals surface area contributed by atoms with Crippen molar-refractivity contribution in [3.8, 4) is 0 Å². The molecule has 1 aromatic rings. The summed E-state index contributed by atoms with van der Waals surface area (Å²) in [6.45, 7) is 1.01. The summed E-state index contributed by atoms with van der Waals surface area (Å²) in [6, 6.07) is 7.63. The van der Waals surface area contributed by atoms with E-state index in [-0.39, 0.29) is 23.8 Å². The molecule has 1 saturated heterocycles. The lowest BCUT2D eigenvalue weighted by molar-refractivity contribution is -0.136. The van der Waals surface area contributed by atoms with Crippen LogP contribution >= 0.6 is 11.6 Å². The summed E-state index contributed by atoms with van der Waals surface area (Å²) >= 11 is 6.24. The first kappa shape index (κ1) is 17.7. The van der Waals surface area contributed by atoms with Crippen LogP contribution in [0.3, 0.4) is 0 Å². The predicted molar refractivity (Wildman–Crippen MR) is 94.5 cm³/mol. The molecule has 2 fully saturated rings. The predicted octanol–water partition coefficient (Wildman–Crippen LogP) is 2.37. The number of carbonyl (C=O) groups excluding carboxylic acids is 1. The monoisotopic (exact) mass is 370 g/mol. The minimum Gasteiger partial charge on any atom is -0.338 e. The molecule has 2 aliphatic rings. The van der Waals surface area contributed by atoms with Gasteiger partial charge in [-0.15, -0.1) is 0 Å². The zero-order valence-electron chi connectivity index (χ0n) is 13.7. The maximum absolute atomic E-state index is 12.9. The molecule has 1 aliphatic carbocycles. The number of sulfonamides is 1. The quantitative estimate of drug-likeness (QED) is 0.865. The van der Waals surface area contributed by atoms with E-state index in [9.17, 15) is 13.2 Å². The minimum absolute atomic E-state index is 0.0243. The number of hydrogen-bond donors (Lipinski definition) is 1. The Morgan fingerprint density at radius 2 is 2.08 bits per heavy atom. The Bertz CT molecular complexity index is 722. The minimum atomic E-state index is -3.24. The first-order valence-electron chi connectivity index (χ1n) is 8.36. The van der Waals surface area contributed by atoms with E-state index >= 15 is 0 Å². The van der Waals surface area contributed by atoms with E-state index in [1.165, 1.54) is 0 Å². The van der Waals surface area contributed by atoms with Crippen LogP contribution < -0.4 is 4.72 Å². The van der Waals surface area contributed by atoms with Gasteiger partial charge in [-0.25, -0.2) is 13.1 Å². The summed E-state index contributed by atoms with van der Waals surface area (Å²) in [7, 11) is -3.24. The summed E-state index contributed by atoms with van der Waals surface area (Å²) in [5.74, 6) is 0.306. The fraction of sp³-hybridized carbons (Fsp3) is 0.588. The Hall–Kier alpha value is -1.11. The van der Waals surface area contributed by atoms with Crippen molar-refractivity contribution in [1.82, 2.24) is 9.62 Å². The van der Waals surface area contributed by atoms with Crippen molar-refractivity contribution >= 4 is 27.5 Å². The van der Waals surface area contributed by atoms with Crippen LogP contribution in [0.15, 0.2) is 24.3 Å². The normalized spacial score (nSPS) is 27.1. The van der Waals surface area contributed by atoms with Gasteiger partial charge in [-0.2, -0.15) is 0 Å². The van der Waals surface area contributed by atoms with Crippen LogP contribution in [-0.2, 0) is 14.8 Å². The van der Waals surface area contributed by atoms with Crippen molar-refractivity contribution in [1.29, 1.82) is 0 Å². The molecular formula is C17H23ClN2O3S. The SMILES string of the molecule is CS(=O)(=O)NC[C@@H]1CCCCN1C(=O)[C@H]1C[C@@H]1c1ccccc1Cl. The lowest BCUT2D eigenvalue weighted by Crippen LogP contribution is -2.49. The first-order valence-corrected chi connectivity index (χ1v) is 10.6. The topological polar surface area (TPSA) is 66.5 Å². The largest absolute Gasteiger partial charge is 0.338 e. The first-order chi connectivity index (χ1) is 11.4. The molecule has 132 valence electrons. The molecule has 1 aliphatic heterocycles. The number of benzene rings is 1. The lowest BCUT2D eigenvalue weighted by atomic mass is 10.0. The van der Waals surface area contributed by atoms with E-state index < -0.39 is 10.0 Å². The summed E-state index contributed by atoms with van der Waals surface area (Å²) in [5, 5.41) is 0.715. The van der Waals surface area contributed by atoms with E-state index in [1.807, 2.05) is 29.2 Å². The fourth-order valence-corrected chi connectivity index (χ4v) is 4.32. The van der Waals surface area contributed by atoms with Gasteiger partial charge in [0.1, 0.15) is 0 Å². The molecule has 1 aromatic carbocycles. The Kier molecular flexibility index (Phi) is 5.18. The van der Waals surface area contributed by atoms with Gasteiger partial charge in [0.05, 0.1) is 6.26 Å². The molecule has 0 spiro atoms. The molecule has 1 amide bonds. The van der Waals surface area contributed by atoms with E-state index in [0.29, 0.717) is 18.1 Å². The highest BCUT2D eigenvalue weighted by Gasteiger charge is 2.47. The number of nitrogens with zero attached hydrogens (tertiary/aromatic N) is 1. The van der Waals surface area contributed by atoms with Crippen LogP contribution in [0.5, 0.6) is 0 Å². The van der Waals surface area contributed by atoms with E-state index in [4.69, 9.17) is 11.6 Å². The molecule has 0 aromatic heterocycles. The second kappa shape index (κ2) is 7.02. The number of halogens is 1. The number of rotatable bonds is 5. The Labute approximate surface area is 148 Å². The van der Waals surface area contributed by atoms with Gasteiger partial charge < -0.3 is 4.90 Å². The van der Waals surface area contributed by atoms with Crippen molar-refractivity contribution in [2.45, 2.75) is 37.6 Å². The molecule has 3 atom stereocenters. The molecule has 1 saturated carbocycles. The summed E-state index contributed by atoms with van der Waals surface area (Å²) in [6.07, 6.45) is 4.82. The Morgan fingerprint density at radius 3 is 2.79 bits per heavy atom. The average molecular weight is 371 g/mol. The molecule has 7 heteroatoms. The number of carbonyl (C=O) groups is 1. The molecule has 24 heavy (non-hydrogen) atoms. The molecule has 0 unspecified atom stereocenters. The smallest absolute Gasteiger partial charge is 0.226 e. The molecule has 0 bridgehead atoms. The average Bonchev–Trinajstić information content (AvgIpc) is 3.33. The zero-order chi connectivity index (χ0) is 17.3. The van der Waals surface area contributed by atoms with Gasteiger partial charge in [0.15, 0.2) is 0 Å². The van der Waals surface area contributed by atoms with Gasteiger partial charge in [0.25, 0.3) is 0 Å². The maximum Gasteiger partial charge on any atom is 0.226 e. The van der Waals surface area contributed by atoms with Crippen LogP contribution in [0.4, 0.5) is 0 Å². The van der Waals surface area contributed by atoms with E-state index in [2.05, 4.69) is 4.72 Å². The second-order valence-electron chi connectivity index (χ2n) is 6.77. The third-order valence-electron chi connectivity index (χ3n) is 4.90. The molecule has 1 N–H and O–H groups in total. The van der Waals surface area contributed by atoms with E-state index in [1.54, 1.807) is 0 Å².